The Hall–Kier alpha value is -4.45. The van der Waals surface area contributed by atoms with Crippen LogP contribution in [0.4, 0.5) is 17.1 Å². The maximum atomic E-state index is 3.96. The third kappa shape index (κ3) is 7.14. The number of benzene rings is 3. The summed E-state index contributed by atoms with van der Waals surface area (Å²) in [4.78, 5) is 11.9. The largest absolute Gasteiger partial charge is 3.00 e. The summed E-state index contributed by atoms with van der Waals surface area (Å²) >= 11 is 0. The second-order valence-electron chi connectivity index (χ2n) is 8.83. The van der Waals surface area contributed by atoms with Gasteiger partial charge in [-0.15, -0.1) is 18.2 Å². The Morgan fingerprint density at radius 2 is 0.725 bits per heavy atom. The first kappa shape index (κ1) is 30.1. The monoisotopic (exact) mass is 706 g/mol. The molecule has 3 heterocycles. The summed E-state index contributed by atoms with van der Waals surface area (Å²) in [6.45, 7) is 11.9. The van der Waals surface area contributed by atoms with Crippen molar-refractivity contribution in [3.05, 3.63) is 165 Å². The predicted molar refractivity (Wildman–Crippen MR) is 161 cm³/mol. The second-order valence-corrected chi connectivity index (χ2v) is 8.83. The topological polar surface area (TPSA) is 19.4 Å². The van der Waals surface area contributed by atoms with Gasteiger partial charge in [-0.3, -0.25) is 0 Å². The van der Waals surface area contributed by atoms with Crippen molar-refractivity contribution in [3.63, 3.8) is 0 Å². The summed E-state index contributed by atoms with van der Waals surface area (Å²) in [5.41, 5.74) is 3.06. The van der Waals surface area contributed by atoms with E-state index in [-0.39, 0.29) is 20.1 Å². The molecule has 0 spiro atoms. The summed E-state index contributed by atoms with van der Waals surface area (Å²) in [7, 11) is 5.92. The van der Waals surface area contributed by atoms with Crippen molar-refractivity contribution in [2.24, 2.45) is 0 Å². The quantitative estimate of drug-likeness (QED) is 0.287. The van der Waals surface area contributed by atoms with Gasteiger partial charge in [-0.05, 0) is 0 Å². The van der Waals surface area contributed by atoms with Crippen molar-refractivity contribution in [1.82, 2.24) is 14.7 Å². The van der Waals surface area contributed by atoms with Crippen LogP contribution in [0.1, 0.15) is 0 Å². The fourth-order valence-corrected chi connectivity index (χ4v) is 3.79. The van der Waals surface area contributed by atoms with Crippen LogP contribution in [0.3, 0.4) is 0 Å². The molecule has 0 aromatic heterocycles. The van der Waals surface area contributed by atoms with E-state index in [0.717, 1.165) is 34.5 Å². The van der Waals surface area contributed by atoms with Crippen molar-refractivity contribution in [3.8, 4) is 0 Å². The number of anilines is 3. The van der Waals surface area contributed by atoms with Crippen LogP contribution in [-0.4, -0.2) is 35.8 Å². The van der Waals surface area contributed by atoms with Gasteiger partial charge in [-0.1, -0.05) is 36.8 Å². The van der Waals surface area contributed by atoms with E-state index in [0.29, 0.717) is 0 Å². The van der Waals surface area contributed by atoms with Gasteiger partial charge in [0.2, 0.25) is 0 Å². The zero-order chi connectivity index (χ0) is 27.8. The molecule has 0 saturated carbocycles. The summed E-state index contributed by atoms with van der Waals surface area (Å²) in [5.74, 6) is 2.84. The Balaban J connectivity index is 0.000000163. The average molecular weight is 706 g/mol. The molecular weight excluding hydrogens is 673 g/mol. The number of nitrogens with zero attached hydrogens (tertiary/aromatic N) is 6. The smallest absolute Gasteiger partial charge is 0.336 e. The van der Waals surface area contributed by atoms with Crippen LogP contribution >= 0.6 is 0 Å². The Kier molecular flexibility index (Phi) is 10.6. The van der Waals surface area contributed by atoms with E-state index in [1.165, 1.54) is 0 Å². The van der Waals surface area contributed by atoms with Gasteiger partial charge in [0, 0.05) is 58.3 Å². The van der Waals surface area contributed by atoms with E-state index in [1.54, 1.807) is 0 Å². The molecular formula is C33H33IrN6. The molecule has 7 heteroatoms. The van der Waals surface area contributed by atoms with Gasteiger partial charge >= 0.3 is 20.1 Å². The van der Waals surface area contributed by atoms with Gasteiger partial charge in [-0.2, -0.15) is 72.8 Å². The zero-order valence-electron chi connectivity index (χ0n) is 23.0. The third-order valence-corrected chi connectivity index (χ3v) is 6.23. The van der Waals surface area contributed by atoms with Gasteiger partial charge in [0.25, 0.3) is 0 Å². The number of rotatable bonds is 3. The number of hydrogen-bond donors (Lipinski definition) is 0. The Morgan fingerprint density at radius 1 is 0.450 bits per heavy atom. The molecule has 0 N–H and O–H groups in total. The summed E-state index contributed by atoms with van der Waals surface area (Å²) in [6, 6.07) is 33.0. The van der Waals surface area contributed by atoms with Crippen LogP contribution in [0.25, 0.3) is 0 Å². The molecule has 3 aromatic rings. The van der Waals surface area contributed by atoms with Crippen LogP contribution in [-0.2, 0) is 20.1 Å². The maximum absolute atomic E-state index is 3.96. The summed E-state index contributed by atoms with van der Waals surface area (Å²) < 4.78 is 0. The first-order valence-corrected chi connectivity index (χ1v) is 12.4. The maximum Gasteiger partial charge on any atom is 3.00 e. The van der Waals surface area contributed by atoms with Crippen molar-refractivity contribution in [2.75, 3.05) is 35.8 Å². The normalized spacial score (nSPS) is 15.2. The van der Waals surface area contributed by atoms with E-state index in [4.69, 9.17) is 0 Å². The van der Waals surface area contributed by atoms with Crippen molar-refractivity contribution < 1.29 is 20.1 Å². The molecule has 0 radical (unpaired) electrons. The molecule has 0 aliphatic carbocycles. The molecule has 0 amide bonds. The van der Waals surface area contributed by atoms with Gasteiger partial charge in [0.15, 0.2) is 0 Å². The molecule has 0 bridgehead atoms. The van der Waals surface area contributed by atoms with Gasteiger partial charge in [-0.25, -0.2) is 0 Å². The van der Waals surface area contributed by atoms with Crippen LogP contribution in [0.2, 0.25) is 0 Å². The zero-order valence-corrected chi connectivity index (χ0v) is 25.4. The minimum atomic E-state index is 0. The molecule has 3 aromatic carbocycles. The molecule has 6 nitrogen and oxygen atoms in total. The van der Waals surface area contributed by atoms with Crippen molar-refractivity contribution in [2.45, 2.75) is 0 Å². The van der Waals surface area contributed by atoms with Crippen molar-refractivity contribution in [1.29, 1.82) is 0 Å². The van der Waals surface area contributed by atoms with Gasteiger partial charge in [0.05, 0.1) is 0 Å². The fraction of sp³-hybridized carbons (Fsp3) is 0.0909. The standard InChI is InChI=1S/3C11H11N2.Ir/c3*1-10-12(2)8-9-13(10)11-6-4-3-5-7-11;/h3*3-6,8-9H,1H2,2H3;/q3*-1;+3. The minimum Gasteiger partial charge on any atom is -0.336 e. The van der Waals surface area contributed by atoms with Crippen molar-refractivity contribution >= 4 is 17.1 Å². The van der Waals surface area contributed by atoms with Gasteiger partial charge < -0.3 is 29.4 Å². The molecule has 3 aliphatic heterocycles. The van der Waals surface area contributed by atoms with E-state index in [2.05, 4.69) is 37.9 Å². The predicted octanol–water partition coefficient (Wildman–Crippen LogP) is 6.54. The third-order valence-electron chi connectivity index (χ3n) is 6.23. The molecule has 0 unspecified atom stereocenters. The molecule has 204 valence electrons. The minimum absolute atomic E-state index is 0. The van der Waals surface area contributed by atoms with Gasteiger partial charge in [0.1, 0.15) is 17.5 Å². The molecule has 0 atom stereocenters. The molecule has 0 saturated heterocycles. The second kappa shape index (κ2) is 14.1. The van der Waals surface area contributed by atoms with E-state index in [1.807, 2.05) is 161 Å². The first-order valence-electron chi connectivity index (χ1n) is 12.4. The van der Waals surface area contributed by atoms with Crippen LogP contribution < -0.4 is 14.7 Å². The average Bonchev–Trinajstić information content (AvgIpc) is 3.62. The Bertz CT molecular complexity index is 1200. The Morgan fingerprint density at radius 3 is 0.900 bits per heavy atom. The SMILES string of the molecule is C=C1N(C)C=CN1c1[c-]cccc1.C=C1N(C)C=CN1c1[c-]cccc1.C=C1N(C)C=CN1c1[c-]cccc1.[Ir+3]. The van der Waals surface area contributed by atoms with Crippen LogP contribution in [0, 0.1) is 18.2 Å². The van der Waals surface area contributed by atoms with E-state index >= 15 is 0 Å². The number of hydrogen-bond acceptors (Lipinski definition) is 6. The molecule has 0 fully saturated rings. The van der Waals surface area contributed by atoms with E-state index < -0.39 is 0 Å². The molecule has 40 heavy (non-hydrogen) atoms. The summed E-state index contributed by atoms with van der Waals surface area (Å²) in [5, 5.41) is 0. The fourth-order valence-electron chi connectivity index (χ4n) is 3.79. The van der Waals surface area contributed by atoms with E-state index in [9.17, 15) is 0 Å². The van der Waals surface area contributed by atoms with Crippen LogP contribution in [0.15, 0.2) is 147 Å². The molecule has 3 aliphatic rings. The van der Waals surface area contributed by atoms with Crippen LogP contribution in [0.5, 0.6) is 0 Å². The first-order chi connectivity index (χ1) is 18.9. The number of para-hydroxylation sites is 3. The summed E-state index contributed by atoms with van der Waals surface area (Å²) in [6.07, 6.45) is 11.9. The Labute approximate surface area is 252 Å². The molecule has 6 rings (SSSR count).